The number of rotatable bonds is 2. The SMILES string of the molecule is CC(O)C(C)N1CCN(C(C)(C)C)CC1. The molecule has 1 N–H and O–H groups in total. The lowest BCUT2D eigenvalue weighted by Crippen LogP contribution is -2.56. The number of hydrogen-bond acceptors (Lipinski definition) is 3. The van der Waals surface area contributed by atoms with Crippen LogP contribution >= 0.6 is 0 Å². The molecular formula is C12H26N2O. The molecule has 2 atom stereocenters. The van der Waals surface area contributed by atoms with Gasteiger partial charge in [-0.15, -0.1) is 0 Å². The Morgan fingerprint density at radius 2 is 1.47 bits per heavy atom. The first-order valence-electron chi connectivity index (χ1n) is 5.99. The zero-order valence-corrected chi connectivity index (χ0v) is 10.8. The fourth-order valence-corrected chi connectivity index (χ4v) is 2.11. The van der Waals surface area contributed by atoms with Gasteiger partial charge in [0.15, 0.2) is 0 Å². The van der Waals surface area contributed by atoms with Crippen LogP contribution in [-0.2, 0) is 0 Å². The zero-order valence-electron chi connectivity index (χ0n) is 10.8. The summed E-state index contributed by atoms with van der Waals surface area (Å²) in [5.41, 5.74) is 0.278. The third-order valence-electron chi connectivity index (χ3n) is 3.54. The summed E-state index contributed by atoms with van der Waals surface area (Å²) in [5, 5.41) is 9.54. The van der Waals surface area contributed by atoms with Gasteiger partial charge in [0.1, 0.15) is 0 Å². The van der Waals surface area contributed by atoms with E-state index in [1.807, 2.05) is 6.92 Å². The summed E-state index contributed by atoms with van der Waals surface area (Å²) in [6.45, 7) is 15.1. The summed E-state index contributed by atoms with van der Waals surface area (Å²) in [4.78, 5) is 4.89. The molecule has 0 aliphatic carbocycles. The van der Waals surface area contributed by atoms with Crippen molar-refractivity contribution >= 4 is 0 Å². The Kier molecular flexibility index (Phi) is 4.15. The van der Waals surface area contributed by atoms with Crippen molar-refractivity contribution in [3.8, 4) is 0 Å². The van der Waals surface area contributed by atoms with E-state index >= 15 is 0 Å². The van der Waals surface area contributed by atoms with E-state index in [0.29, 0.717) is 0 Å². The highest BCUT2D eigenvalue weighted by Gasteiger charge is 2.28. The Bertz CT molecular complexity index is 190. The maximum absolute atomic E-state index is 9.54. The zero-order chi connectivity index (χ0) is 11.6. The predicted octanol–water partition coefficient (Wildman–Crippen LogP) is 1.17. The molecule has 0 aromatic rings. The van der Waals surface area contributed by atoms with Crippen LogP contribution in [0.25, 0.3) is 0 Å². The van der Waals surface area contributed by atoms with Gasteiger partial charge >= 0.3 is 0 Å². The van der Waals surface area contributed by atoms with Gasteiger partial charge in [0, 0.05) is 37.8 Å². The molecular weight excluding hydrogens is 188 g/mol. The first-order chi connectivity index (χ1) is 6.82. The van der Waals surface area contributed by atoms with Crippen molar-refractivity contribution in [3.63, 3.8) is 0 Å². The minimum Gasteiger partial charge on any atom is -0.392 e. The molecule has 0 amide bonds. The minimum atomic E-state index is -0.230. The van der Waals surface area contributed by atoms with E-state index < -0.39 is 0 Å². The molecule has 1 aliphatic heterocycles. The Hall–Kier alpha value is -0.120. The van der Waals surface area contributed by atoms with Crippen molar-refractivity contribution in [1.82, 2.24) is 9.80 Å². The van der Waals surface area contributed by atoms with Gasteiger partial charge in [-0.3, -0.25) is 9.80 Å². The second kappa shape index (κ2) is 4.81. The average molecular weight is 214 g/mol. The van der Waals surface area contributed by atoms with Crippen LogP contribution in [0.4, 0.5) is 0 Å². The molecule has 90 valence electrons. The summed E-state index contributed by atoms with van der Waals surface area (Å²) < 4.78 is 0. The fourth-order valence-electron chi connectivity index (χ4n) is 2.11. The number of piperazine rings is 1. The van der Waals surface area contributed by atoms with Crippen molar-refractivity contribution in [2.45, 2.75) is 52.3 Å². The maximum Gasteiger partial charge on any atom is 0.0664 e. The van der Waals surface area contributed by atoms with Gasteiger partial charge in [-0.25, -0.2) is 0 Å². The standard InChI is InChI=1S/C12H26N2O/c1-10(11(2)15)13-6-8-14(9-7-13)12(3,4)5/h10-11,15H,6-9H2,1-5H3. The van der Waals surface area contributed by atoms with Gasteiger partial charge in [0.25, 0.3) is 0 Å². The van der Waals surface area contributed by atoms with E-state index in [1.165, 1.54) is 0 Å². The molecule has 15 heavy (non-hydrogen) atoms. The van der Waals surface area contributed by atoms with Crippen LogP contribution in [0.15, 0.2) is 0 Å². The van der Waals surface area contributed by atoms with Gasteiger partial charge in [-0.1, -0.05) is 0 Å². The van der Waals surface area contributed by atoms with Crippen LogP contribution in [-0.4, -0.2) is 58.8 Å². The van der Waals surface area contributed by atoms with Crippen LogP contribution in [0.1, 0.15) is 34.6 Å². The second-order valence-electron chi connectivity index (χ2n) is 5.68. The monoisotopic (exact) mass is 214 g/mol. The summed E-state index contributed by atoms with van der Waals surface area (Å²) in [7, 11) is 0. The molecule has 0 saturated carbocycles. The largest absolute Gasteiger partial charge is 0.392 e. The van der Waals surface area contributed by atoms with Gasteiger partial charge in [-0.2, -0.15) is 0 Å². The van der Waals surface area contributed by atoms with Crippen molar-refractivity contribution in [2.24, 2.45) is 0 Å². The molecule has 1 aliphatic rings. The molecule has 0 spiro atoms. The first-order valence-corrected chi connectivity index (χ1v) is 5.99. The van der Waals surface area contributed by atoms with E-state index in [4.69, 9.17) is 0 Å². The van der Waals surface area contributed by atoms with E-state index in [1.54, 1.807) is 0 Å². The smallest absolute Gasteiger partial charge is 0.0664 e. The minimum absolute atomic E-state index is 0.230. The number of aliphatic hydroxyl groups is 1. The molecule has 1 saturated heterocycles. The Balaban J connectivity index is 2.42. The summed E-state index contributed by atoms with van der Waals surface area (Å²) in [6, 6.07) is 0.284. The van der Waals surface area contributed by atoms with Gasteiger partial charge in [0.2, 0.25) is 0 Å². The molecule has 0 bridgehead atoms. The summed E-state index contributed by atoms with van der Waals surface area (Å²) >= 11 is 0. The molecule has 1 fully saturated rings. The number of aliphatic hydroxyl groups excluding tert-OH is 1. The lowest BCUT2D eigenvalue weighted by molar-refractivity contribution is 0.00947. The fraction of sp³-hybridized carbons (Fsp3) is 1.00. The van der Waals surface area contributed by atoms with Gasteiger partial charge in [0.05, 0.1) is 6.10 Å². The van der Waals surface area contributed by atoms with Crippen LogP contribution in [0, 0.1) is 0 Å². The van der Waals surface area contributed by atoms with Crippen molar-refractivity contribution < 1.29 is 5.11 Å². The van der Waals surface area contributed by atoms with Crippen LogP contribution in [0.2, 0.25) is 0 Å². The summed E-state index contributed by atoms with van der Waals surface area (Å²) in [5.74, 6) is 0. The van der Waals surface area contributed by atoms with Crippen molar-refractivity contribution in [2.75, 3.05) is 26.2 Å². The Morgan fingerprint density at radius 1 is 1.00 bits per heavy atom. The van der Waals surface area contributed by atoms with Gasteiger partial charge in [-0.05, 0) is 34.6 Å². The van der Waals surface area contributed by atoms with Gasteiger partial charge < -0.3 is 5.11 Å². The topological polar surface area (TPSA) is 26.7 Å². The van der Waals surface area contributed by atoms with E-state index in [9.17, 15) is 5.11 Å². The summed E-state index contributed by atoms with van der Waals surface area (Å²) in [6.07, 6.45) is -0.230. The predicted molar refractivity (Wildman–Crippen MR) is 64.0 cm³/mol. The van der Waals surface area contributed by atoms with Crippen molar-refractivity contribution in [1.29, 1.82) is 0 Å². The number of hydrogen-bond donors (Lipinski definition) is 1. The molecule has 3 heteroatoms. The Morgan fingerprint density at radius 3 is 1.80 bits per heavy atom. The lowest BCUT2D eigenvalue weighted by Gasteiger charge is -2.44. The lowest BCUT2D eigenvalue weighted by atomic mass is 10.0. The van der Waals surface area contributed by atoms with Crippen LogP contribution in [0.5, 0.6) is 0 Å². The normalized spacial score (nSPS) is 25.2. The van der Waals surface area contributed by atoms with E-state index in [-0.39, 0.29) is 17.7 Å². The molecule has 0 aromatic heterocycles. The molecule has 1 rings (SSSR count). The highest BCUT2D eigenvalue weighted by atomic mass is 16.3. The molecule has 2 unspecified atom stereocenters. The van der Waals surface area contributed by atoms with Crippen LogP contribution < -0.4 is 0 Å². The third kappa shape index (κ3) is 3.44. The Labute approximate surface area is 94.1 Å². The highest BCUT2D eigenvalue weighted by molar-refractivity contribution is 4.84. The first kappa shape index (κ1) is 12.9. The molecule has 1 heterocycles. The second-order valence-corrected chi connectivity index (χ2v) is 5.68. The maximum atomic E-state index is 9.54. The van der Waals surface area contributed by atoms with Crippen molar-refractivity contribution in [3.05, 3.63) is 0 Å². The average Bonchev–Trinajstić information content (AvgIpc) is 2.15. The molecule has 0 aromatic carbocycles. The number of nitrogens with zero attached hydrogens (tertiary/aromatic N) is 2. The molecule has 3 nitrogen and oxygen atoms in total. The van der Waals surface area contributed by atoms with E-state index in [2.05, 4.69) is 37.5 Å². The third-order valence-corrected chi connectivity index (χ3v) is 3.54. The van der Waals surface area contributed by atoms with E-state index in [0.717, 1.165) is 26.2 Å². The molecule has 0 radical (unpaired) electrons. The quantitative estimate of drug-likeness (QED) is 0.747. The highest BCUT2D eigenvalue weighted by Crippen LogP contribution is 2.17. The van der Waals surface area contributed by atoms with Crippen LogP contribution in [0.3, 0.4) is 0 Å².